The molecule has 0 spiro atoms. The van der Waals surface area contributed by atoms with Crippen molar-refractivity contribution in [3.8, 4) is 6.07 Å². The number of benzene rings is 1. The standard InChI is InChI=1S/C16H15F3N4O2/c17-16(18,19)12-7-11(13-9-25-15(24)22-21-13)1-2-14(12)23-5-3-10(8-20)4-6-23/h1-2,7,10H,3-6,9H2,(H,22,24). The lowest BCUT2D eigenvalue weighted by Gasteiger charge is -2.33. The van der Waals surface area contributed by atoms with Crippen LogP contribution in [0, 0.1) is 17.2 Å². The third-order valence-corrected chi connectivity index (χ3v) is 4.28. The second kappa shape index (κ2) is 6.63. The number of anilines is 1. The first kappa shape index (κ1) is 17.1. The number of piperidine rings is 1. The van der Waals surface area contributed by atoms with Gasteiger partial charge in [0.05, 0.1) is 11.6 Å². The topological polar surface area (TPSA) is 77.7 Å². The van der Waals surface area contributed by atoms with Crippen LogP contribution in [0.4, 0.5) is 23.7 Å². The van der Waals surface area contributed by atoms with Crippen LogP contribution in [0.1, 0.15) is 24.0 Å². The van der Waals surface area contributed by atoms with Crippen LogP contribution >= 0.6 is 0 Å². The molecule has 0 saturated carbocycles. The zero-order chi connectivity index (χ0) is 18.0. The maximum absolute atomic E-state index is 13.5. The van der Waals surface area contributed by atoms with Crippen molar-refractivity contribution in [1.82, 2.24) is 5.43 Å². The number of amides is 1. The predicted molar refractivity (Wildman–Crippen MR) is 83.0 cm³/mol. The zero-order valence-electron chi connectivity index (χ0n) is 13.1. The molecular weight excluding hydrogens is 337 g/mol. The van der Waals surface area contributed by atoms with E-state index >= 15 is 0 Å². The molecule has 1 fully saturated rings. The Kier molecular flexibility index (Phi) is 4.53. The molecule has 0 unspecified atom stereocenters. The second-order valence-electron chi connectivity index (χ2n) is 5.87. The average Bonchev–Trinajstić information content (AvgIpc) is 2.61. The van der Waals surface area contributed by atoms with E-state index in [1.54, 1.807) is 4.90 Å². The number of ether oxygens (including phenoxy) is 1. The number of nitrogens with one attached hydrogen (secondary N) is 1. The minimum atomic E-state index is -4.53. The van der Waals surface area contributed by atoms with Crippen LogP contribution in [0.2, 0.25) is 0 Å². The summed E-state index contributed by atoms with van der Waals surface area (Å²) in [5.74, 6) is -0.109. The molecule has 1 N–H and O–H groups in total. The van der Waals surface area contributed by atoms with E-state index in [2.05, 4.69) is 16.6 Å². The highest BCUT2D eigenvalue weighted by Gasteiger charge is 2.36. The van der Waals surface area contributed by atoms with Crippen LogP contribution in [0.5, 0.6) is 0 Å². The normalized spacial score (nSPS) is 18.9. The Morgan fingerprint density at radius 1 is 1.32 bits per heavy atom. The second-order valence-corrected chi connectivity index (χ2v) is 5.87. The Morgan fingerprint density at radius 2 is 2.04 bits per heavy atom. The van der Waals surface area contributed by atoms with Gasteiger partial charge in [0.1, 0.15) is 12.3 Å². The van der Waals surface area contributed by atoms with Crippen molar-refractivity contribution in [2.24, 2.45) is 11.0 Å². The molecule has 2 aliphatic heterocycles. The predicted octanol–water partition coefficient (Wildman–Crippen LogP) is 2.89. The Morgan fingerprint density at radius 3 is 2.60 bits per heavy atom. The van der Waals surface area contributed by atoms with Gasteiger partial charge in [-0.25, -0.2) is 10.2 Å². The summed E-state index contributed by atoms with van der Waals surface area (Å²) in [6, 6.07) is 6.12. The summed E-state index contributed by atoms with van der Waals surface area (Å²) in [5.41, 5.74) is 1.87. The van der Waals surface area contributed by atoms with Crippen LogP contribution in [-0.4, -0.2) is 31.5 Å². The summed E-state index contributed by atoms with van der Waals surface area (Å²) in [7, 11) is 0. The molecule has 2 heterocycles. The first-order chi connectivity index (χ1) is 11.9. The Labute approximate surface area is 141 Å². The molecule has 0 aromatic heterocycles. The number of carbonyl (C=O) groups is 1. The number of nitrogens with zero attached hydrogens (tertiary/aromatic N) is 3. The lowest BCUT2D eigenvalue weighted by Crippen LogP contribution is -2.35. The van der Waals surface area contributed by atoms with E-state index < -0.39 is 17.8 Å². The van der Waals surface area contributed by atoms with E-state index in [0.29, 0.717) is 25.9 Å². The number of halogens is 3. The molecule has 0 atom stereocenters. The van der Waals surface area contributed by atoms with Crippen LogP contribution in [0.25, 0.3) is 0 Å². The highest BCUT2D eigenvalue weighted by atomic mass is 19.4. The number of hydrogen-bond donors (Lipinski definition) is 1. The fraction of sp³-hybridized carbons (Fsp3) is 0.438. The molecule has 6 nitrogen and oxygen atoms in total. The number of nitriles is 1. The molecule has 25 heavy (non-hydrogen) atoms. The SMILES string of the molecule is N#CC1CCN(c2ccc(C3=NNC(=O)OC3)cc2C(F)(F)F)CC1. The van der Waals surface area contributed by atoms with Gasteiger partial charge in [-0.2, -0.15) is 23.5 Å². The first-order valence-corrected chi connectivity index (χ1v) is 7.74. The van der Waals surface area contributed by atoms with Crippen LogP contribution < -0.4 is 10.3 Å². The van der Waals surface area contributed by atoms with Crippen molar-refractivity contribution in [2.45, 2.75) is 19.0 Å². The molecule has 1 aromatic carbocycles. The molecule has 0 bridgehead atoms. The van der Waals surface area contributed by atoms with Crippen LogP contribution in [0.15, 0.2) is 23.3 Å². The van der Waals surface area contributed by atoms with Crippen molar-refractivity contribution in [3.63, 3.8) is 0 Å². The summed E-state index contributed by atoms with van der Waals surface area (Å²) < 4.78 is 45.3. The fourth-order valence-electron chi connectivity index (χ4n) is 2.93. The van der Waals surface area contributed by atoms with E-state index in [1.165, 1.54) is 12.1 Å². The van der Waals surface area contributed by atoms with Crippen LogP contribution in [0.3, 0.4) is 0 Å². The minimum absolute atomic E-state index is 0.0917. The molecule has 132 valence electrons. The molecule has 1 aromatic rings. The summed E-state index contributed by atoms with van der Waals surface area (Å²) in [4.78, 5) is 12.6. The lowest BCUT2D eigenvalue weighted by atomic mass is 9.96. The highest BCUT2D eigenvalue weighted by molar-refractivity contribution is 6.04. The van der Waals surface area contributed by atoms with E-state index in [9.17, 15) is 18.0 Å². The Balaban J connectivity index is 1.92. The Hall–Kier alpha value is -2.76. The van der Waals surface area contributed by atoms with Gasteiger partial charge >= 0.3 is 12.3 Å². The van der Waals surface area contributed by atoms with Gasteiger partial charge in [-0.05, 0) is 25.0 Å². The number of rotatable bonds is 2. The molecule has 3 rings (SSSR count). The quantitative estimate of drug-likeness (QED) is 0.888. The van der Waals surface area contributed by atoms with E-state index in [-0.39, 0.29) is 29.5 Å². The minimum Gasteiger partial charge on any atom is -0.442 e. The average molecular weight is 352 g/mol. The molecule has 0 radical (unpaired) electrons. The lowest BCUT2D eigenvalue weighted by molar-refractivity contribution is -0.137. The van der Waals surface area contributed by atoms with E-state index in [1.807, 2.05) is 0 Å². The van der Waals surface area contributed by atoms with E-state index in [0.717, 1.165) is 6.07 Å². The van der Waals surface area contributed by atoms with Crippen LogP contribution in [-0.2, 0) is 10.9 Å². The highest BCUT2D eigenvalue weighted by Crippen LogP contribution is 2.38. The summed E-state index contributed by atoms with van der Waals surface area (Å²) in [6.07, 6.45) is -4.18. The number of alkyl halides is 3. The summed E-state index contributed by atoms with van der Waals surface area (Å²) in [5, 5.41) is 12.7. The molecule has 9 heteroatoms. The summed E-state index contributed by atoms with van der Waals surface area (Å²) in [6.45, 7) is 0.623. The third-order valence-electron chi connectivity index (χ3n) is 4.28. The van der Waals surface area contributed by atoms with Crippen molar-refractivity contribution >= 4 is 17.5 Å². The van der Waals surface area contributed by atoms with Gasteiger partial charge in [0.2, 0.25) is 0 Å². The molecule has 2 aliphatic rings. The third kappa shape index (κ3) is 3.68. The molecule has 1 saturated heterocycles. The largest absolute Gasteiger partial charge is 0.442 e. The first-order valence-electron chi connectivity index (χ1n) is 7.74. The maximum atomic E-state index is 13.5. The number of cyclic esters (lactones) is 1. The zero-order valence-corrected chi connectivity index (χ0v) is 13.1. The van der Waals surface area contributed by atoms with Gasteiger partial charge < -0.3 is 9.64 Å². The van der Waals surface area contributed by atoms with Gasteiger partial charge in [0.15, 0.2) is 0 Å². The van der Waals surface area contributed by atoms with Gasteiger partial charge in [0, 0.05) is 30.3 Å². The van der Waals surface area contributed by atoms with Gasteiger partial charge in [-0.3, -0.25) is 0 Å². The van der Waals surface area contributed by atoms with Gasteiger partial charge in [-0.1, -0.05) is 6.07 Å². The monoisotopic (exact) mass is 352 g/mol. The molecular formula is C16H15F3N4O2. The molecule has 1 amide bonds. The van der Waals surface area contributed by atoms with Crippen molar-refractivity contribution in [3.05, 3.63) is 29.3 Å². The number of carbonyl (C=O) groups excluding carboxylic acids is 1. The fourth-order valence-corrected chi connectivity index (χ4v) is 2.93. The van der Waals surface area contributed by atoms with Gasteiger partial charge in [0.25, 0.3) is 0 Å². The smallest absolute Gasteiger partial charge is 0.428 e. The van der Waals surface area contributed by atoms with Gasteiger partial charge in [-0.15, -0.1) is 0 Å². The maximum Gasteiger partial charge on any atom is 0.428 e. The van der Waals surface area contributed by atoms with Crippen molar-refractivity contribution < 1.29 is 22.7 Å². The number of hydrogen-bond acceptors (Lipinski definition) is 5. The van der Waals surface area contributed by atoms with E-state index in [4.69, 9.17) is 10.00 Å². The molecule has 0 aliphatic carbocycles. The summed E-state index contributed by atoms with van der Waals surface area (Å²) >= 11 is 0. The number of hydrazone groups is 1. The van der Waals surface area contributed by atoms with Crippen molar-refractivity contribution in [2.75, 3.05) is 24.6 Å². The van der Waals surface area contributed by atoms with Crippen molar-refractivity contribution in [1.29, 1.82) is 5.26 Å². The Bertz CT molecular complexity index is 747.